The Bertz CT molecular complexity index is 297. The molecule has 0 saturated carbocycles. The van der Waals surface area contributed by atoms with Crippen molar-refractivity contribution in [2.75, 3.05) is 0 Å². The molecule has 0 spiro atoms. The van der Waals surface area contributed by atoms with Crippen LogP contribution in [0.25, 0.3) is 10.8 Å². The second kappa shape index (κ2) is 5.35. The maximum atomic E-state index is 7.00. The first-order valence-electron chi connectivity index (χ1n) is 3.92. The van der Waals surface area contributed by atoms with Gasteiger partial charge in [0.15, 0.2) is 0 Å². The van der Waals surface area contributed by atoms with Crippen LogP contribution < -0.4 is 0 Å². The maximum absolute atomic E-state index is 7.00. The third-order valence-corrected chi connectivity index (χ3v) is 1.66. The van der Waals surface area contributed by atoms with Crippen LogP contribution in [-0.2, 0) is 0 Å². The zero-order valence-electron chi connectivity index (χ0n) is 7.09. The Hall–Kier alpha value is -1.32. The second-order valence-corrected chi connectivity index (χ2v) is 2.46. The third kappa shape index (κ3) is 2.90. The fourth-order valence-corrected chi connectivity index (χ4v) is 1.13. The summed E-state index contributed by atoms with van der Waals surface area (Å²) in [7, 11) is 0. The lowest BCUT2D eigenvalue weighted by molar-refractivity contribution is 0.448. The Labute approximate surface area is 77.8 Å². The summed E-state index contributed by atoms with van der Waals surface area (Å²) in [5.41, 5.74) is 0. The van der Waals surface area contributed by atoms with Crippen LogP contribution >= 0.6 is 0 Å². The molecule has 0 bridgehead atoms. The van der Waals surface area contributed by atoms with Crippen LogP contribution in [0.3, 0.4) is 0 Å². The molecule has 2 N–H and O–H groups in total. The standard InChI is InChI=1S/C10H8.BH2O2/c1-2-6-10-8-4-3-7-9(10)5-1;2-1-3/h1-8H;2-3H. The van der Waals surface area contributed by atoms with Crippen molar-refractivity contribution in [3.63, 3.8) is 0 Å². The molecule has 0 aromatic heterocycles. The lowest BCUT2D eigenvalue weighted by atomic mass is 10.1. The van der Waals surface area contributed by atoms with Gasteiger partial charge in [-0.15, -0.1) is 0 Å². The van der Waals surface area contributed by atoms with Crippen molar-refractivity contribution in [1.29, 1.82) is 0 Å². The van der Waals surface area contributed by atoms with Crippen LogP contribution in [0.15, 0.2) is 48.5 Å². The predicted molar refractivity (Wildman–Crippen MR) is 54.1 cm³/mol. The summed E-state index contributed by atoms with van der Waals surface area (Å²) in [5, 5.41) is 16.6. The highest BCUT2D eigenvalue weighted by Gasteiger charge is 1.85. The lowest BCUT2D eigenvalue weighted by Gasteiger charge is -1.92. The van der Waals surface area contributed by atoms with Crippen LogP contribution in [0, 0.1) is 0 Å². The Morgan fingerprint density at radius 3 is 1.15 bits per heavy atom. The van der Waals surface area contributed by atoms with E-state index in [1.807, 2.05) is 0 Å². The molecule has 2 aromatic rings. The molecule has 0 atom stereocenters. The van der Waals surface area contributed by atoms with Crippen molar-refractivity contribution < 1.29 is 10.0 Å². The fourth-order valence-electron chi connectivity index (χ4n) is 1.13. The fraction of sp³-hybridized carbons (Fsp3) is 0. The Morgan fingerprint density at radius 2 is 0.923 bits per heavy atom. The average Bonchev–Trinajstić information content (AvgIpc) is 2.19. The van der Waals surface area contributed by atoms with Gasteiger partial charge in [0.25, 0.3) is 0 Å². The highest BCUT2D eigenvalue weighted by Crippen LogP contribution is 2.11. The molecule has 0 saturated heterocycles. The van der Waals surface area contributed by atoms with Crippen molar-refractivity contribution in [2.45, 2.75) is 0 Å². The van der Waals surface area contributed by atoms with Gasteiger partial charge in [0.1, 0.15) is 0 Å². The molecule has 0 amide bonds. The molecule has 2 rings (SSSR count). The van der Waals surface area contributed by atoms with E-state index in [0.717, 1.165) is 0 Å². The summed E-state index contributed by atoms with van der Waals surface area (Å²) in [4.78, 5) is 0. The molecule has 0 aliphatic heterocycles. The summed E-state index contributed by atoms with van der Waals surface area (Å²) >= 11 is 0. The van der Waals surface area contributed by atoms with Crippen LogP contribution in [0.1, 0.15) is 0 Å². The molecule has 0 unspecified atom stereocenters. The van der Waals surface area contributed by atoms with Crippen LogP contribution in [0.4, 0.5) is 0 Å². The Balaban J connectivity index is 0.000000251. The summed E-state index contributed by atoms with van der Waals surface area (Å²) < 4.78 is 0. The number of hydrogen-bond donors (Lipinski definition) is 2. The molecule has 65 valence electrons. The van der Waals surface area contributed by atoms with Crippen molar-refractivity contribution in [1.82, 2.24) is 0 Å². The molecule has 2 nitrogen and oxygen atoms in total. The molecular weight excluding hydrogens is 163 g/mol. The van der Waals surface area contributed by atoms with E-state index < -0.39 is 0 Å². The molecule has 2 aromatic carbocycles. The first kappa shape index (κ1) is 9.77. The molecule has 0 aliphatic carbocycles. The van der Waals surface area contributed by atoms with Gasteiger partial charge in [-0.1, -0.05) is 48.5 Å². The quantitative estimate of drug-likeness (QED) is 0.590. The first-order chi connectivity index (χ1) is 6.38. The van der Waals surface area contributed by atoms with Crippen molar-refractivity contribution in [3.05, 3.63) is 48.5 Å². The molecule has 1 radical (unpaired) electrons. The van der Waals surface area contributed by atoms with Crippen molar-refractivity contribution in [2.24, 2.45) is 0 Å². The molecular formula is C10H10BO2. The largest absolute Gasteiger partial charge is 0.482 e. The SMILES string of the molecule is O[B]O.c1ccc2ccccc2c1. The molecule has 0 heterocycles. The average molecular weight is 173 g/mol. The summed E-state index contributed by atoms with van der Waals surface area (Å²) in [6.07, 6.45) is 0. The van der Waals surface area contributed by atoms with E-state index in [4.69, 9.17) is 10.0 Å². The highest BCUT2D eigenvalue weighted by atomic mass is 16.4. The van der Waals surface area contributed by atoms with E-state index in [1.54, 1.807) is 0 Å². The maximum Gasteiger partial charge on any atom is 0.482 e. The van der Waals surface area contributed by atoms with E-state index >= 15 is 0 Å². The highest BCUT2D eigenvalue weighted by molar-refractivity contribution is 6.13. The number of hydrogen-bond acceptors (Lipinski definition) is 2. The van der Waals surface area contributed by atoms with E-state index in [1.165, 1.54) is 10.8 Å². The molecule has 0 aliphatic rings. The number of rotatable bonds is 0. The summed E-state index contributed by atoms with van der Waals surface area (Å²) in [5.74, 6) is 0. The van der Waals surface area contributed by atoms with Gasteiger partial charge in [0.05, 0.1) is 0 Å². The van der Waals surface area contributed by atoms with Crippen molar-refractivity contribution >= 4 is 18.5 Å². The normalized spacial score (nSPS) is 8.77. The zero-order chi connectivity index (χ0) is 9.52. The minimum absolute atomic E-state index is 0. The predicted octanol–water partition coefficient (Wildman–Crippen LogP) is 1.34. The van der Waals surface area contributed by atoms with Crippen LogP contribution in [0.2, 0.25) is 0 Å². The van der Waals surface area contributed by atoms with Gasteiger partial charge in [-0.05, 0) is 10.8 Å². The van der Waals surface area contributed by atoms with E-state index in [2.05, 4.69) is 48.5 Å². The van der Waals surface area contributed by atoms with Gasteiger partial charge in [0, 0.05) is 0 Å². The van der Waals surface area contributed by atoms with Gasteiger partial charge >= 0.3 is 7.69 Å². The minimum atomic E-state index is 0. The first-order valence-corrected chi connectivity index (χ1v) is 3.92. The number of benzene rings is 2. The number of fused-ring (bicyclic) bond motifs is 1. The van der Waals surface area contributed by atoms with Crippen molar-refractivity contribution in [3.8, 4) is 0 Å². The monoisotopic (exact) mass is 173 g/mol. The second-order valence-electron chi connectivity index (χ2n) is 2.46. The van der Waals surface area contributed by atoms with Gasteiger partial charge in [-0.25, -0.2) is 0 Å². The van der Waals surface area contributed by atoms with E-state index in [0.29, 0.717) is 0 Å². The summed E-state index contributed by atoms with van der Waals surface area (Å²) in [6, 6.07) is 16.7. The van der Waals surface area contributed by atoms with E-state index in [-0.39, 0.29) is 7.69 Å². The van der Waals surface area contributed by atoms with Gasteiger partial charge in [0.2, 0.25) is 0 Å². The molecule has 13 heavy (non-hydrogen) atoms. The minimum Gasteiger partial charge on any atom is -0.429 e. The third-order valence-electron chi connectivity index (χ3n) is 1.66. The Kier molecular flexibility index (Phi) is 4.02. The van der Waals surface area contributed by atoms with Gasteiger partial charge in [-0.2, -0.15) is 0 Å². The topological polar surface area (TPSA) is 40.5 Å². The molecule has 3 heteroatoms. The summed E-state index contributed by atoms with van der Waals surface area (Å²) in [6.45, 7) is 0. The lowest BCUT2D eigenvalue weighted by Crippen LogP contribution is -1.75. The molecule has 0 fully saturated rings. The zero-order valence-corrected chi connectivity index (χ0v) is 7.09. The van der Waals surface area contributed by atoms with Crippen LogP contribution in [0.5, 0.6) is 0 Å². The van der Waals surface area contributed by atoms with Crippen LogP contribution in [-0.4, -0.2) is 17.7 Å². The van der Waals surface area contributed by atoms with Gasteiger partial charge in [-0.3, -0.25) is 0 Å². The van der Waals surface area contributed by atoms with Gasteiger partial charge < -0.3 is 10.0 Å². The smallest absolute Gasteiger partial charge is 0.429 e. The Morgan fingerprint density at radius 1 is 0.692 bits per heavy atom. The van der Waals surface area contributed by atoms with E-state index in [9.17, 15) is 0 Å².